The zero-order valence-electron chi connectivity index (χ0n) is 17.1. The van der Waals surface area contributed by atoms with E-state index in [9.17, 15) is 13.2 Å². The third-order valence-corrected chi connectivity index (χ3v) is 6.70. The SMILES string of the molecule is COc1ccc2nc(-n3nc(C)cc3NC(=O)Cc3ccc(S(C)(=O)=O)cc3)sc2c1. The van der Waals surface area contributed by atoms with Crippen molar-refractivity contribution in [3.63, 3.8) is 0 Å². The van der Waals surface area contributed by atoms with Crippen LogP contribution in [0.1, 0.15) is 11.3 Å². The Kier molecular flexibility index (Phi) is 5.50. The maximum atomic E-state index is 12.6. The molecule has 2 aromatic carbocycles. The summed E-state index contributed by atoms with van der Waals surface area (Å²) in [6.45, 7) is 1.84. The molecule has 0 atom stereocenters. The highest BCUT2D eigenvalue weighted by Crippen LogP contribution is 2.30. The van der Waals surface area contributed by atoms with Crippen molar-refractivity contribution in [3.05, 3.63) is 59.8 Å². The van der Waals surface area contributed by atoms with Gasteiger partial charge in [0, 0.05) is 12.3 Å². The predicted molar refractivity (Wildman–Crippen MR) is 120 cm³/mol. The number of sulfone groups is 1. The Morgan fingerprint density at radius 3 is 2.58 bits per heavy atom. The number of hydrogen-bond acceptors (Lipinski definition) is 7. The number of benzene rings is 2. The lowest BCUT2D eigenvalue weighted by Gasteiger charge is -2.07. The van der Waals surface area contributed by atoms with Crippen LogP contribution in [0.15, 0.2) is 53.4 Å². The monoisotopic (exact) mass is 456 g/mol. The van der Waals surface area contributed by atoms with E-state index in [0.29, 0.717) is 16.5 Å². The van der Waals surface area contributed by atoms with Gasteiger partial charge < -0.3 is 10.1 Å². The van der Waals surface area contributed by atoms with Gasteiger partial charge >= 0.3 is 0 Å². The van der Waals surface area contributed by atoms with E-state index in [0.717, 1.165) is 27.9 Å². The number of rotatable bonds is 6. The first-order valence-corrected chi connectivity index (χ1v) is 12.0. The van der Waals surface area contributed by atoms with Crippen molar-refractivity contribution < 1.29 is 17.9 Å². The van der Waals surface area contributed by atoms with Crippen LogP contribution in [0.4, 0.5) is 5.82 Å². The number of carbonyl (C=O) groups excluding carboxylic acids is 1. The molecule has 2 heterocycles. The number of methoxy groups -OCH3 is 1. The van der Waals surface area contributed by atoms with Crippen molar-refractivity contribution >= 4 is 43.1 Å². The molecule has 0 aliphatic carbocycles. The molecule has 0 spiro atoms. The van der Waals surface area contributed by atoms with Gasteiger partial charge in [-0.2, -0.15) is 9.78 Å². The summed E-state index contributed by atoms with van der Waals surface area (Å²) < 4.78 is 31.0. The fourth-order valence-electron chi connectivity index (χ4n) is 3.07. The highest BCUT2D eigenvalue weighted by molar-refractivity contribution is 7.90. The van der Waals surface area contributed by atoms with Crippen LogP contribution in [0, 0.1) is 6.92 Å². The average molecular weight is 457 g/mol. The Balaban J connectivity index is 1.55. The van der Waals surface area contributed by atoms with E-state index in [-0.39, 0.29) is 17.2 Å². The standard InChI is InChI=1S/C21H20N4O4S2/c1-13-10-19(23-20(26)11-14-4-7-16(8-5-14)31(3,27)28)25(24-13)21-22-17-9-6-15(29-2)12-18(17)30-21/h4-10,12H,11H2,1-3H3,(H,23,26). The fraction of sp³-hybridized carbons (Fsp3) is 0.190. The van der Waals surface area contributed by atoms with Gasteiger partial charge in [-0.05, 0) is 42.8 Å². The third-order valence-electron chi connectivity index (χ3n) is 4.58. The quantitative estimate of drug-likeness (QED) is 0.477. The topological polar surface area (TPSA) is 103 Å². The second-order valence-electron chi connectivity index (χ2n) is 7.05. The van der Waals surface area contributed by atoms with Crippen LogP contribution >= 0.6 is 11.3 Å². The first kappa shape index (κ1) is 21.0. The molecule has 0 radical (unpaired) electrons. The van der Waals surface area contributed by atoms with E-state index in [1.165, 1.54) is 23.5 Å². The van der Waals surface area contributed by atoms with Crippen LogP contribution in [0.5, 0.6) is 5.75 Å². The number of carbonyl (C=O) groups is 1. The molecule has 160 valence electrons. The Bertz CT molecular complexity index is 1370. The number of ether oxygens (including phenoxy) is 1. The van der Waals surface area contributed by atoms with Crippen molar-refractivity contribution in [3.8, 4) is 10.9 Å². The first-order valence-electron chi connectivity index (χ1n) is 9.33. The highest BCUT2D eigenvalue weighted by Gasteiger charge is 2.15. The minimum atomic E-state index is -3.27. The number of nitrogens with one attached hydrogen (secondary N) is 1. The second kappa shape index (κ2) is 8.12. The van der Waals surface area contributed by atoms with Crippen molar-refractivity contribution in [2.24, 2.45) is 0 Å². The Morgan fingerprint density at radius 2 is 1.90 bits per heavy atom. The summed E-state index contributed by atoms with van der Waals surface area (Å²) in [5.41, 5.74) is 2.27. The minimum Gasteiger partial charge on any atom is -0.497 e. The molecule has 0 unspecified atom stereocenters. The smallest absolute Gasteiger partial charge is 0.229 e. The van der Waals surface area contributed by atoms with Crippen LogP contribution in [0.3, 0.4) is 0 Å². The third kappa shape index (κ3) is 4.59. The Morgan fingerprint density at radius 1 is 1.16 bits per heavy atom. The second-order valence-corrected chi connectivity index (χ2v) is 10.1. The molecule has 2 aromatic heterocycles. The molecule has 0 saturated heterocycles. The summed E-state index contributed by atoms with van der Waals surface area (Å²) in [4.78, 5) is 17.4. The number of anilines is 1. The van der Waals surface area contributed by atoms with Crippen molar-refractivity contribution in [2.75, 3.05) is 18.7 Å². The molecule has 0 saturated carbocycles. The number of fused-ring (bicyclic) bond motifs is 1. The van der Waals surface area contributed by atoms with Gasteiger partial charge in [-0.1, -0.05) is 23.5 Å². The van der Waals surface area contributed by atoms with Gasteiger partial charge in [-0.3, -0.25) is 4.79 Å². The van der Waals surface area contributed by atoms with Gasteiger partial charge in [-0.15, -0.1) is 0 Å². The molecule has 0 fully saturated rings. The molecule has 1 N–H and O–H groups in total. The summed E-state index contributed by atoms with van der Waals surface area (Å²) in [6.07, 6.45) is 1.25. The summed E-state index contributed by atoms with van der Waals surface area (Å²) in [7, 11) is -1.66. The number of nitrogens with zero attached hydrogens (tertiary/aromatic N) is 3. The van der Waals surface area contributed by atoms with E-state index in [1.54, 1.807) is 30.0 Å². The lowest BCUT2D eigenvalue weighted by molar-refractivity contribution is -0.115. The Hall–Kier alpha value is -3.24. The fourth-order valence-corrected chi connectivity index (χ4v) is 4.66. The lowest BCUT2D eigenvalue weighted by atomic mass is 10.1. The molecular formula is C21H20N4O4S2. The minimum absolute atomic E-state index is 0.102. The van der Waals surface area contributed by atoms with Crippen LogP contribution in [-0.4, -0.2) is 42.5 Å². The van der Waals surface area contributed by atoms with E-state index in [2.05, 4.69) is 15.4 Å². The molecule has 4 rings (SSSR count). The predicted octanol–water partition coefficient (Wildman–Crippen LogP) is 3.38. The average Bonchev–Trinajstić information content (AvgIpc) is 3.29. The number of aryl methyl sites for hydroxylation is 1. The molecule has 0 bridgehead atoms. The summed E-state index contributed by atoms with van der Waals surface area (Å²) >= 11 is 1.44. The van der Waals surface area contributed by atoms with Gasteiger partial charge in [0.1, 0.15) is 11.6 Å². The molecule has 4 aromatic rings. The molecule has 8 nitrogen and oxygen atoms in total. The molecular weight excluding hydrogens is 436 g/mol. The van der Waals surface area contributed by atoms with Crippen LogP contribution in [0.2, 0.25) is 0 Å². The van der Waals surface area contributed by atoms with Gasteiger partial charge in [0.15, 0.2) is 9.84 Å². The van der Waals surface area contributed by atoms with Crippen molar-refractivity contribution in [2.45, 2.75) is 18.2 Å². The largest absolute Gasteiger partial charge is 0.497 e. The van der Waals surface area contributed by atoms with Crippen LogP contribution in [0.25, 0.3) is 15.3 Å². The summed E-state index contributed by atoms with van der Waals surface area (Å²) in [5.74, 6) is 1.02. The number of hydrogen-bond donors (Lipinski definition) is 1. The summed E-state index contributed by atoms with van der Waals surface area (Å²) in [6, 6.07) is 13.7. The number of aromatic nitrogens is 3. The first-order chi connectivity index (χ1) is 14.7. The molecule has 0 aliphatic rings. The molecule has 31 heavy (non-hydrogen) atoms. The van der Waals surface area contributed by atoms with Crippen molar-refractivity contribution in [1.82, 2.24) is 14.8 Å². The zero-order chi connectivity index (χ0) is 22.2. The van der Waals surface area contributed by atoms with E-state index in [4.69, 9.17) is 4.74 Å². The Labute approximate surface area is 183 Å². The van der Waals surface area contributed by atoms with Crippen LogP contribution < -0.4 is 10.1 Å². The van der Waals surface area contributed by atoms with E-state index >= 15 is 0 Å². The van der Waals surface area contributed by atoms with Crippen LogP contribution in [-0.2, 0) is 21.1 Å². The normalized spacial score (nSPS) is 11.6. The molecule has 10 heteroatoms. The highest BCUT2D eigenvalue weighted by atomic mass is 32.2. The van der Waals surface area contributed by atoms with E-state index < -0.39 is 9.84 Å². The van der Waals surface area contributed by atoms with Crippen molar-refractivity contribution in [1.29, 1.82) is 0 Å². The summed E-state index contributed by atoms with van der Waals surface area (Å²) in [5, 5.41) is 7.97. The maximum absolute atomic E-state index is 12.6. The van der Waals surface area contributed by atoms with Gasteiger partial charge in [0.2, 0.25) is 11.0 Å². The molecule has 0 aliphatic heterocycles. The number of amides is 1. The van der Waals surface area contributed by atoms with Gasteiger partial charge in [-0.25, -0.2) is 13.4 Å². The van der Waals surface area contributed by atoms with E-state index in [1.807, 2.05) is 25.1 Å². The zero-order valence-corrected chi connectivity index (χ0v) is 18.8. The number of thiazole rings is 1. The lowest BCUT2D eigenvalue weighted by Crippen LogP contribution is -2.17. The van der Waals surface area contributed by atoms with Gasteiger partial charge in [0.05, 0.1) is 34.3 Å². The molecule has 1 amide bonds. The maximum Gasteiger partial charge on any atom is 0.229 e. The van der Waals surface area contributed by atoms with Gasteiger partial charge in [0.25, 0.3) is 0 Å².